The van der Waals surface area contributed by atoms with Gasteiger partial charge in [0.05, 0.1) is 6.54 Å². The molecule has 2 amide bonds. The first kappa shape index (κ1) is 22.8. The molecule has 4 N–H and O–H groups in total. The number of hydrogen-bond donors (Lipinski definition) is 4. The van der Waals surface area contributed by atoms with Gasteiger partial charge in [-0.15, -0.1) is 12.3 Å². The number of carbonyl (C=O) groups excluding carboxylic acids is 2. The second-order valence-electron chi connectivity index (χ2n) is 7.73. The average Bonchev–Trinajstić information content (AvgIpc) is 3.09. The minimum Gasteiger partial charge on any atom is -0.479 e. The number of amides is 2. The summed E-state index contributed by atoms with van der Waals surface area (Å²) < 4.78 is 5.41. The number of carboxylic acid groups (broad SMARTS) is 1. The Morgan fingerprint density at radius 2 is 1.69 bits per heavy atom. The molecule has 8 heteroatoms. The van der Waals surface area contributed by atoms with Gasteiger partial charge in [0, 0.05) is 12.3 Å². The lowest BCUT2D eigenvalue weighted by atomic mass is 9.98. The van der Waals surface area contributed by atoms with Crippen molar-refractivity contribution in [2.24, 2.45) is 0 Å². The number of fused-ring (bicyclic) bond motifs is 3. The molecule has 1 aliphatic rings. The first-order valence-electron chi connectivity index (χ1n) is 10.0. The highest BCUT2D eigenvalue weighted by molar-refractivity contribution is 5.87. The Balaban J connectivity index is 1.62. The molecule has 2 aromatic carbocycles. The highest BCUT2D eigenvalue weighted by atomic mass is 16.5. The molecule has 0 spiro atoms. The molecule has 2 atom stereocenters. The SMILES string of the molecule is C#CCC(NC(=O)OCC1c2ccccc2-c2ccccc21)C(=O)NCC(C)(O)C(=O)O. The number of nitrogens with one attached hydrogen (secondary N) is 2. The van der Waals surface area contributed by atoms with Crippen molar-refractivity contribution in [1.29, 1.82) is 0 Å². The van der Waals surface area contributed by atoms with Crippen LogP contribution in [0.5, 0.6) is 0 Å². The topological polar surface area (TPSA) is 125 Å². The number of benzene rings is 2. The maximum Gasteiger partial charge on any atom is 0.407 e. The van der Waals surface area contributed by atoms with Crippen molar-refractivity contribution in [3.8, 4) is 23.5 Å². The Morgan fingerprint density at radius 1 is 1.12 bits per heavy atom. The maximum absolute atomic E-state index is 12.4. The second-order valence-corrected chi connectivity index (χ2v) is 7.73. The molecular weight excluding hydrogens is 412 g/mol. The lowest BCUT2D eigenvalue weighted by molar-refractivity contribution is -0.156. The summed E-state index contributed by atoms with van der Waals surface area (Å²) in [6.07, 6.45) is 4.33. The van der Waals surface area contributed by atoms with Crippen molar-refractivity contribution < 1.29 is 29.3 Å². The number of aliphatic carboxylic acids is 1. The molecule has 0 saturated carbocycles. The maximum atomic E-state index is 12.4. The molecule has 8 nitrogen and oxygen atoms in total. The van der Waals surface area contributed by atoms with Gasteiger partial charge in [-0.1, -0.05) is 48.5 Å². The van der Waals surface area contributed by atoms with Crippen LogP contribution < -0.4 is 10.6 Å². The molecule has 3 rings (SSSR count). The Labute approximate surface area is 185 Å². The fourth-order valence-corrected chi connectivity index (χ4v) is 3.57. The van der Waals surface area contributed by atoms with Gasteiger partial charge in [-0.2, -0.15) is 0 Å². The summed E-state index contributed by atoms with van der Waals surface area (Å²) in [7, 11) is 0. The molecule has 0 fully saturated rings. The van der Waals surface area contributed by atoms with E-state index < -0.39 is 36.2 Å². The smallest absolute Gasteiger partial charge is 0.407 e. The minimum absolute atomic E-state index is 0.0674. The van der Waals surface area contributed by atoms with E-state index in [1.165, 1.54) is 0 Å². The van der Waals surface area contributed by atoms with E-state index in [-0.39, 0.29) is 18.9 Å². The van der Waals surface area contributed by atoms with Crippen LogP contribution in [0, 0.1) is 12.3 Å². The van der Waals surface area contributed by atoms with Gasteiger partial charge >= 0.3 is 12.1 Å². The highest BCUT2D eigenvalue weighted by Gasteiger charge is 2.32. The van der Waals surface area contributed by atoms with Gasteiger partial charge in [0.1, 0.15) is 12.6 Å². The van der Waals surface area contributed by atoms with E-state index in [9.17, 15) is 19.5 Å². The summed E-state index contributed by atoms with van der Waals surface area (Å²) in [5.74, 6) is -0.0669. The Kier molecular flexibility index (Phi) is 6.81. The molecule has 0 aromatic heterocycles. The number of aliphatic hydroxyl groups is 1. The summed E-state index contributed by atoms with van der Waals surface area (Å²) in [6.45, 7) is 0.567. The summed E-state index contributed by atoms with van der Waals surface area (Å²) in [4.78, 5) is 35.7. The molecule has 32 heavy (non-hydrogen) atoms. The van der Waals surface area contributed by atoms with Gasteiger partial charge in [0.25, 0.3) is 0 Å². The van der Waals surface area contributed by atoms with Gasteiger partial charge in [-0.3, -0.25) is 4.79 Å². The predicted octanol–water partition coefficient (Wildman–Crippen LogP) is 1.87. The van der Waals surface area contributed by atoms with Crippen molar-refractivity contribution >= 4 is 18.0 Å². The third-order valence-electron chi connectivity index (χ3n) is 5.34. The van der Waals surface area contributed by atoms with Crippen LogP contribution in [0.25, 0.3) is 11.1 Å². The van der Waals surface area contributed by atoms with E-state index in [4.69, 9.17) is 16.3 Å². The van der Waals surface area contributed by atoms with Gasteiger partial charge in [0.15, 0.2) is 5.60 Å². The Morgan fingerprint density at radius 3 is 2.22 bits per heavy atom. The van der Waals surface area contributed by atoms with Crippen molar-refractivity contribution in [2.75, 3.05) is 13.2 Å². The number of hydrogen-bond acceptors (Lipinski definition) is 5. The molecule has 2 unspecified atom stereocenters. The van der Waals surface area contributed by atoms with Gasteiger partial charge in [-0.05, 0) is 29.2 Å². The van der Waals surface area contributed by atoms with E-state index in [1.807, 2.05) is 48.5 Å². The van der Waals surface area contributed by atoms with Crippen LogP contribution in [0.1, 0.15) is 30.4 Å². The second kappa shape index (κ2) is 9.54. The summed E-state index contributed by atoms with van der Waals surface area (Å²) in [5, 5.41) is 23.4. The van der Waals surface area contributed by atoms with Crippen LogP contribution in [-0.4, -0.2) is 53.0 Å². The van der Waals surface area contributed by atoms with Crippen LogP contribution in [0.15, 0.2) is 48.5 Å². The third-order valence-corrected chi connectivity index (χ3v) is 5.34. The molecule has 0 saturated heterocycles. The number of rotatable bonds is 8. The number of alkyl carbamates (subject to hydrolysis) is 1. The minimum atomic E-state index is -2.15. The summed E-state index contributed by atoms with van der Waals surface area (Å²) in [5.41, 5.74) is 2.13. The van der Waals surface area contributed by atoms with Gasteiger partial charge in [-0.25, -0.2) is 9.59 Å². The van der Waals surface area contributed by atoms with E-state index in [2.05, 4.69) is 16.6 Å². The monoisotopic (exact) mass is 436 g/mol. The van der Waals surface area contributed by atoms with Crippen molar-refractivity contribution in [1.82, 2.24) is 10.6 Å². The lowest BCUT2D eigenvalue weighted by Gasteiger charge is -2.21. The van der Waals surface area contributed by atoms with E-state index in [0.29, 0.717) is 0 Å². The zero-order valence-corrected chi connectivity index (χ0v) is 17.5. The zero-order chi connectivity index (χ0) is 23.3. The molecule has 0 bridgehead atoms. The largest absolute Gasteiger partial charge is 0.479 e. The van der Waals surface area contributed by atoms with Crippen molar-refractivity contribution in [2.45, 2.75) is 30.9 Å². The van der Waals surface area contributed by atoms with Crippen LogP contribution in [0.4, 0.5) is 4.79 Å². The normalized spacial score (nSPS) is 14.8. The standard InChI is InChI=1S/C24H24N2O6/c1-3-8-20(21(27)25-14-24(2,31)22(28)29)26-23(30)32-13-19-17-11-6-4-9-15(17)16-10-5-7-12-18(16)19/h1,4-7,9-12,19-20,31H,8,13-14H2,2H3,(H,25,27)(H,26,30)(H,28,29). The summed E-state index contributed by atoms with van der Waals surface area (Å²) in [6, 6.07) is 14.6. The fraction of sp³-hybridized carbons (Fsp3) is 0.292. The Bertz CT molecular complexity index is 1030. The van der Waals surface area contributed by atoms with Crippen molar-refractivity contribution in [3.63, 3.8) is 0 Å². The van der Waals surface area contributed by atoms with Crippen LogP contribution in [0.2, 0.25) is 0 Å². The van der Waals surface area contributed by atoms with E-state index >= 15 is 0 Å². The lowest BCUT2D eigenvalue weighted by Crippen LogP contribution is -2.52. The summed E-state index contributed by atoms with van der Waals surface area (Å²) >= 11 is 0. The number of carbonyl (C=O) groups is 3. The molecule has 0 aliphatic heterocycles. The quantitative estimate of drug-likeness (QED) is 0.468. The number of terminal acetylenes is 1. The van der Waals surface area contributed by atoms with E-state index in [1.54, 1.807) is 0 Å². The van der Waals surface area contributed by atoms with Crippen molar-refractivity contribution in [3.05, 3.63) is 59.7 Å². The molecule has 0 heterocycles. The molecule has 0 radical (unpaired) electrons. The first-order chi connectivity index (χ1) is 15.2. The van der Waals surface area contributed by atoms with Crippen LogP contribution in [0.3, 0.4) is 0 Å². The predicted molar refractivity (Wildman–Crippen MR) is 117 cm³/mol. The van der Waals surface area contributed by atoms with Gasteiger partial charge < -0.3 is 25.6 Å². The molecule has 1 aliphatic carbocycles. The fourth-order valence-electron chi connectivity index (χ4n) is 3.57. The van der Waals surface area contributed by atoms with Crippen LogP contribution >= 0.6 is 0 Å². The van der Waals surface area contributed by atoms with Crippen LogP contribution in [-0.2, 0) is 14.3 Å². The number of ether oxygens (including phenoxy) is 1. The third kappa shape index (κ3) is 4.90. The highest BCUT2D eigenvalue weighted by Crippen LogP contribution is 2.44. The molecule has 166 valence electrons. The number of carboxylic acids is 1. The Hall–Kier alpha value is -3.83. The first-order valence-corrected chi connectivity index (χ1v) is 10.0. The van der Waals surface area contributed by atoms with E-state index in [0.717, 1.165) is 29.2 Å². The average molecular weight is 436 g/mol. The van der Waals surface area contributed by atoms with Gasteiger partial charge in [0.2, 0.25) is 5.91 Å². The zero-order valence-electron chi connectivity index (χ0n) is 17.5. The molecule has 2 aromatic rings. The molecular formula is C24H24N2O6.